The predicted molar refractivity (Wildman–Crippen MR) is 66.6 cm³/mol. The Morgan fingerprint density at radius 1 is 1.71 bits per heavy atom. The Balaban J connectivity index is 2.51. The van der Waals surface area contributed by atoms with Crippen LogP contribution < -0.4 is 5.32 Å². The number of rotatable bonds is 5. The van der Waals surface area contributed by atoms with E-state index in [1.54, 1.807) is 18.3 Å². The van der Waals surface area contributed by atoms with Crippen molar-refractivity contribution in [2.45, 2.75) is 13.0 Å². The van der Waals surface area contributed by atoms with Gasteiger partial charge in [-0.3, -0.25) is 4.79 Å². The summed E-state index contributed by atoms with van der Waals surface area (Å²) in [6.07, 6.45) is 2.32. The number of aromatic amines is 1. The van der Waals surface area contributed by atoms with Crippen molar-refractivity contribution in [3.8, 4) is 0 Å². The van der Waals surface area contributed by atoms with E-state index in [2.05, 4.69) is 32.8 Å². The molecule has 6 heteroatoms. The van der Waals surface area contributed by atoms with E-state index in [0.29, 0.717) is 12.2 Å². The Bertz CT molecular complexity index is 428. The monoisotopic (exact) mass is 300 g/mol. The molecule has 0 spiro atoms. The van der Waals surface area contributed by atoms with Gasteiger partial charge in [-0.15, -0.1) is 6.58 Å². The van der Waals surface area contributed by atoms with Crippen LogP contribution in [0.5, 0.6) is 0 Å². The third-order valence-electron chi connectivity index (χ3n) is 1.94. The molecular formula is C11H13BrN2O3. The maximum Gasteiger partial charge on any atom is 0.355 e. The average Bonchev–Trinajstić information content (AvgIpc) is 2.72. The van der Waals surface area contributed by atoms with Gasteiger partial charge in [0.1, 0.15) is 5.69 Å². The summed E-state index contributed by atoms with van der Waals surface area (Å²) in [5.74, 6) is -0.930. The number of nitrogens with one attached hydrogen (secondary N) is 2. The fraction of sp³-hybridized carbons (Fsp3) is 0.273. The predicted octanol–water partition coefficient (Wildman–Crippen LogP) is 1.62. The van der Waals surface area contributed by atoms with Gasteiger partial charge in [-0.25, -0.2) is 4.79 Å². The summed E-state index contributed by atoms with van der Waals surface area (Å²) < 4.78 is 5.71. The molecule has 0 saturated carbocycles. The summed E-state index contributed by atoms with van der Waals surface area (Å²) in [4.78, 5) is 25.7. The lowest BCUT2D eigenvalue weighted by Gasteiger charge is -2.11. The quantitative estimate of drug-likeness (QED) is 0.641. The molecule has 2 N–H and O–H groups in total. The molecule has 0 aromatic carbocycles. The topological polar surface area (TPSA) is 71.2 Å². The van der Waals surface area contributed by atoms with Crippen LogP contribution in [0, 0.1) is 0 Å². The number of carbonyl (C=O) groups is 2. The molecule has 0 aliphatic heterocycles. The number of hydrogen-bond donors (Lipinski definition) is 2. The van der Waals surface area contributed by atoms with Crippen LogP contribution in [0.15, 0.2) is 29.4 Å². The largest absolute Gasteiger partial charge is 0.448 e. The highest BCUT2D eigenvalue weighted by atomic mass is 79.9. The van der Waals surface area contributed by atoms with Crippen molar-refractivity contribution in [3.05, 3.63) is 35.1 Å². The van der Waals surface area contributed by atoms with Gasteiger partial charge in [0.05, 0.1) is 0 Å². The average molecular weight is 301 g/mol. The van der Waals surface area contributed by atoms with Gasteiger partial charge in [-0.05, 0) is 28.9 Å². The second-order valence-corrected chi connectivity index (χ2v) is 4.23. The molecule has 0 fully saturated rings. The smallest absolute Gasteiger partial charge is 0.355 e. The minimum atomic E-state index is -0.843. The minimum Gasteiger partial charge on any atom is -0.448 e. The Kier molecular flexibility index (Phi) is 4.96. The van der Waals surface area contributed by atoms with Crippen LogP contribution >= 0.6 is 15.9 Å². The van der Waals surface area contributed by atoms with Crippen LogP contribution in [0.25, 0.3) is 0 Å². The first-order chi connectivity index (χ1) is 8.04. The normalized spacial score (nSPS) is 11.6. The Morgan fingerprint density at radius 2 is 2.41 bits per heavy atom. The molecule has 0 saturated heterocycles. The summed E-state index contributed by atoms with van der Waals surface area (Å²) in [6, 6.07) is 1.58. The van der Waals surface area contributed by atoms with Crippen molar-refractivity contribution in [1.82, 2.24) is 10.3 Å². The van der Waals surface area contributed by atoms with Crippen LogP contribution in [-0.4, -0.2) is 29.5 Å². The van der Waals surface area contributed by atoms with Crippen molar-refractivity contribution in [2.75, 3.05) is 6.54 Å². The molecule has 1 amide bonds. The third kappa shape index (κ3) is 4.07. The molecule has 0 aliphatic carbocycles. The van der Waals surface area contributed by atoms with Crippen molar-refractivity contribution in [3.63, 3.8) is 0 Å². The first kappa shape index (κ1) is 13.5. The highest BCUT2D eigenvalue weighted by Gasteiger charge is 2.18. The van der Waals surface area contributed by atoms with Crippen LogP contribution in [0.4, 0.5) is 0 Å². The zero-order chi connectivity index (χ0) is 12.8. The van der Waals surface area contributed by atoms with E-state index >= 15 is 0 Å². The van der Waals surface area contributed by atoms with E-state index in [1.807, 2.05) is 0 Å². The molecule has 5 nitrogen and oxygen atoms in total. The fourth-order valence-electron chi connectivity index (χ4n) is 1.08. The van der Waals surface area contributed by atoms with E-state index in [-0.39, 0.29) is 5.91 Å². The van der Waals surface area contributed by atoms with E-state index in [0.717, 1.165) is 4.47 Å². The standard InChI is InChI=1S/C11H13BrN2O3/c1-3-4-13-10(15)7(2)17-11(16)9-5-8(12)6-14-9/h3,5-7,14H,1,4H2,2H3,(H,13,15). The number of H-pyrrole nitrogens is 1. The van der Waals surface area contributed by atoms with E-state index < -0.39 is 12.1 Å². The van der Waals surface area contributed by atoms with Gasteiger partial charge in [0.2, 0.25) is 0 Å². The van der Waals surface area contributed by atoms with Gasteiger partial charge >= 0.3 is 5.97 Å². The molecule has 1 aromatic heterocycles. The van der Waals surface area contributed by atoms with Gasteiger partial charge in [-0.2, -0.15) is 0 Å². The molecule has 1 rings (SSSR count). The van der Waals surface area contributed by atoms with E-state index in [4.69, 9.17) is 4.74 Å². The molecule has 0 aliphatic rings. The molecule has 17 heavy (non-hydrogen) atoms. The van der Waals surface area contributed by atoms with Gasteiger partial charge in [-0.1, -0.05) is 6.08 Å². The number of esters is 1. The zero-order valence-electron chi connectivity index (χ0n) is 9.33. The maximum absolute atomic E-state index is 11.6. The van der Waals surface area contributed by atoms with Gasteiger partial charge in [0.25, 0.3) is 5.91 Å². The Morgan fingerprint density at radius 3 is 2.94 bits per heavy atom. The molecule has 1 heterocycles. The SMILES string of the molecule is C=CCNC(=O)C(C)OC(=O)c1cc(Br)c[nH]1. The van der Waals surface area contributed by atoms with Crippen LogP contribution in [-0.2, 0) is 9.53 Å². The highest BCUT2D eigenvalue weighted by Crippen LogP contribution is 2.12. The lowest BCUT2D eigenvalue weighted by atomic mass is 10.3. The first-order valence-electron chi connectivity index (χ1n) is 4.98. The zero-order valence-corrected chi connectivity index (χ0v) is 10.9. The second kappa shape index (κ2) is 6.24. The van der Waals surface area contributed by atoms with Crippen molar-refractivity contribution in [2.24, 2.45) is 0 Å². The summed E-state index contributed by atoms with van der Waals surface area (Å²) in [5.41, 5.74) is 0.292. The first-order valence-corrected chi connectivity index (χ1v) is 5.77. The molecule has 1 unspecified atom stereocenters. The van der Waals surface area contributed by atoms with Crippen LogP contribution in [0.2, 0.25) is 0 Å². The lowest BCUT2D eigenvalue weighted by Crippen LogP contribution is -2.35. The van der Waals surface area contributed by atoms with E-state index in [9.17, 15) is 9.59 Å². The molecular weight excluding hydrogens is 288 g/mol. The molecule has 92 valence electrons. The van der Waals surface area contributed by atoms with Crippen molar-refractivity contribution >= 4 is 27.8 Å². The third-order valence-corrected chi connectivity index (χ3v) is 2.40. The number of ether oxygens (including phenoxy) is 1. The van der Waals surface area contributed by atoms with Crippen molar-refractivity contribution < 1.29 is 14.3 Å². The molecule has 1 aromatic rings. The Labute approximate surface area is 107 Å². The summed E-state index contributed by atoms with van der Waals surface area (Å²) in [6.45, 7) is 5.32. The van der Waals surface area contributed by atoms with E-state index in [1.165, 1.54) is 6.92 Å². The number of carbonyl (C=O) groups excluding carboxylic acids is 2. The lowest BCUT2D eigenvalue weighted by molar-refractivity contribution is -0.128. The van der Waals surface area contributed by atoms with Crippen LogP contribution in [0.3, 0.4) is 0 Å². The molecule has 0 radical (unpaired) electrons. The van der Waals surface area contributed by atoms with Crippen molar-refractivity contribution in [1.29, 1.82) is 0 Å². The fourth-order valence-corrected chi connectivity index (χ4v) is 1.42. The second-order valence-electron chi connectivity index (χ2n) is 3.31. The number of aromatic nitrogens is 1. The van der Waals surface area contributed by atoms with Gasteiger partial charge < -0.3 is 15.0 Å². The number of halogens is 1. The van der Waals surface area contributed by atoms with Gasteiger partial charge in [0.15, 0.2) is 6.10 Å². The van der Waals surface area contributed by atoms with Gasteiger partial charge in [0, 0.05) is 17.2 Å². The summed E-state index contributed by atoms with van der Waals surface area (Å²) >= 11 is 3.20. The summed E-state index contributed by atoms with van der Waals surface area (Å²) in [5, 5.41) is 2.54. The molecule has 0 bridgehead atoms. The number of amides is 1. The molecule has 1 atom stereocenters. The maximum atomic E-state index is 11.6. The minimum absolute atomic E-state index is 0.292. The Hall–Kier alpha value is -1.56. The highest BCUT2D eigenvalue weighted by molar-refractivity contribution is 9.10. The number of hydrogen-bond acceptors (Lipinski definition) is 3. The summed E-state index contributed by atoms with van der Waals surface area (Å²) in [7, 11) is 0. The van der Waals surface area contributed by atoms with Crippen LogP contribution in [0.1, 0.15) is 17.4 Å².